The van der Waals surface area contributed by atoms with Gasteiger partial charge in [-0.15, -0.1) is 0 Å². The molecule has 2 saturated carbocycles. The fourth-order valence-corrected chi connectivity index (χ4v) is 5.74. The molecule has 0 atom stereocenters. The molecule has 0 amide bonds. The monoisotopic (exact) mass is 336 g/mol. The zero-order valence-electron chi connectivity index (χ0n) is 16.1. The second-order valence-electron chi connectivity index (χ2n) is 8.66. The maximum absolute atomic E-state index is 12.7. The first-order chi connectivity index (χ1) is 11.7. The molecule has 2 fully saturated rings. The number of hydrogen-bond donors (Lipinski definition) is 1. The smallest absolute Gasteiger partial charge is 0.310 e. The Balaban J connectivity index is 2.32. The minimum atomic E-state index is -0.457. The van der Waals surface area contributed by atoms with E-state index < -0.39 is 11.4 Å². The Morgan fingerprint density at radius 3 is 1.67 bits per heavy atom. The second-order valence-corrected chi connectivity index (χ2v) is 8.66. The Morgan fingerprint density at radius 2 is 1.21 bits per heavy atom. The van der Waals surface area contributed by atoms with Gasteiger partial charge in [0.15, 0.2) is 0 Å². The maximum atomic E-state index is 12.7. The summed E-state index contributed by atoms with van der Waals surface area (Å²) in [7, 11) is 0. The molecule has 1 N–H and O–H groups in total. The van der Waals surface area contributed by atoms with Crippen molar-refractivity contribution in [3.8, 4) is 0 Å². The molecule has 0 aliphatic heterocycles. The molecule has 2 heteroatoms. The van der Waals surface area contributed by atoms with Crippen molar-refractivity contribution in [1.82, 2.24) is 0 Å². The van der Waals surface area contributed by atoms with E-state index in [1.807, 2.05) is 0 Å². The van der Waals surface area contributed by atoms with Crippen LogP contribution in [-0.2, 0) is 4.79 Å². The van der Waals surface area contributed by atoms with Crippen LogP contribution in [0.1, 0.15) is 122 Å². The van der Waals surface area contributed by atoms with Gasteiger partial charge in [-0.2, -0.15) is 0 Å². The lowest BCUT2D eigenvalue weighted by molar-refractivity contribution is -0.164. The summed E-state index contributed by atoms with van der Waals surface area (Å²) in [6.07, 6.45) is 21.6. The Morgan fingerprint density at radius 1 is 0.750 bits per heavy atom. The van der Waals surface area contributed by atoms with E-state index in [4.69, 9.17) is 0 Å². The normalized spacial score (nSPS) is 25.0. The molecule has 140 valence electrons. The number of hydrogen-bond acceptors (Lipinski definition) is 1. The molecule has 0 radical (unpaired) electrons. The van der Waals surface area contributed by atoms with E-state index in [2.05, 4.69) is 6.92 Å². The minimum absolute atomic E-state index is 0.0752. The van der Waals surface area contributed by atoms with Crippen LogP contribution in [0.25, 0.3) is 0 Å². The zero-order chi connectivity index (χ0) is 17.3. The first kappa shape index (κ1) is 19.8. The highest BCUT2D eigenvalue weighted by Gasteiger charge is 2.54. The lowest BCUT2D eigenvalue weighted by Crippen LogP contribution is -2.49. The van der Waals surface area contributed by atoms with E-state index in [0.717, 1.165) is 32.1 Å². The first-order valence-electron chi connectivity index (χ1n) is 10.9. The minimum Gasteiger partial charge on any atom is -0.481 e. The van der Waals surface area contributed by atoms with Crippen molar-refractivity contribution in [3.63, 3.8) is 0 Å². The quantitative estimate of drug-likeness (QED) is 0.524. The Kier molecular flexibility index (Phi) is 8.10. The van der Waals surface area contributed by atoms with Crippen LogP contribution >= 0.6 is 0 Å². The highest BCUT2D eigenvalue weighted by Crippen LogP contribution is 2.57. The number of carbonyl (C=O) groups is 1. The molecule has 0 aromatic carbocycles. The van der Waals surface area contributed by atoms with Gasteiger partial charge in [0.2, 0.25) is 0 Å². The predicted molar refractivity (Wildman–Crippen MR) is 101 cm³/mol. The van der Waals surface area contributed by atoms with Crippen LogP contribution in [0.3, 0.4) is 0 Å². The van der Waals surface area contributed by atoms with Crippen LogP contribution in [0.4, 0.5) is 0 Å². The van der Waals surface area contributed by atoms with E-state index in [1.54, 1.807) is 0 Å². The largest absolute Gasteiger partial charge is 0.481 e. The summed E-state index contributed by atoms with van der Waals surface area (Å²) in [6, 6.07) is 0. The zero-order valence-corrected chi connectivity index (χ0v) is 16.1. The van der Waals surface area contributed by atoms with Gasteiger partial charge in [0, 0.05) is 0 Å². The highest BCUT2D eigenvalue weighted by atomic mass is 16.4. The molecule has 2 aliphatic rings. The fourth-order valence-electron chi connectivity index (χ4n) is 5.74. The van der Waals surface area contributed by atoms with Crippen molar-refractivity contribution < 1.29 is 9.90 Å². The number of carboxylic acid groups (broad SMARTS) is 1. The molecule has 2 aliphatic carbocycles. The summed E-state index contributed by atoms with van der Waals surface area (Å²) in [4.78, 5) is 12.7. The molecule has 0 unspecified atom stereocenters. The van der Waals surface area contributed by atoms with Crippen molar-refractivity contribution in [2.75, 3.05) is 0 Å². The van der Waals surface area contributed by atoms with Gasteiger partial charge >= 0.3 is 5.97 Å². The molecule has 0 aromatic heterocycles. The molecule has 0 heterocycles. The van der Waals surface area contributed by atoms with Gasteiger partial charge in [-0.3, -0.25) is 4.79 Å². The van der Waals surface area contributed by atoms with Crippen molar-refractivity contribution in [3.05, 3.63) is 0 Å². The van der Waals surface area contributed by atoms with Gasteiger partial charge in [-0.05, 0) is 37.5 Å². The van der Waals surface area contributed by atoms with Gasteiger partial charge in [-0.25, -0.2) is 0 Å². The summed E-state index contributed by atoms with van der Waals surface area (Å²) in [5.74, 6) is -0.457. The average molecular weight is 337 g/mol. The standard InChI is InChI=1S/C22H40O2/c1-2-3-10-15-21(16-11-6-4-7-12-17-21)22(20(23)24)18-13-8-5-9-14-19-22/h2-19H2,1H3,(H,23,24). The molecule has 24 heavy (non-hydrogen) atoms. The third-order valence-corrected chi connectivity index (χ3v) is 7.20. The number of carboxylic acids is 1. The maximum Gasteiger partial charge on any atom is 0.310 e. The van der Waals surface area contributed by atoms with Crippen molar-refractivity contribution in [2.45, 2.75) is 122 Å². The fraction of sp³-hybridized carbons (Fsp3) is 0.955. The van der Waals surface area contributed by atoms with Crippen LogP contribution in [0, 0.1) is 10.8 Å². The number of unbranched alkanes of at least 4 members (excludes halogenated alkanes) is 2. The first-order valence-corrected chi connectivity index (χ1v) is 10.9. The van der Waals surface area contributed by atoms with E-state index >= 15 is 0 Å². The van der Waals surface area contributed by atoms with Crippen molar-refractivity contribution >= 4 is 5.97 Å². The molecular formula is C22H40O2. The van der Waals surface area contributed by atoms with Crippen LogP contribution in [0.2, 0.25) is 0 Å². The third-order valence-electron chi connectivity index (χ3n) is 7.20. The summed E-state index contributed by atoms with van der Waals surface area (Å²) >= 11 is 0. The van der Waals surface area contributed by atoms with E-state index in [0.29, 0.717) is 0 Å². The second kappa shape index (κ2) is 9.82. The number of aliphatic carboxylic acids is 1. The molecule has 0 aromatic rings. The van der Waals surface area contributed by atoms with Crippen LogP contribution < -0.4 is 0 Å². The van der Waals surface area contributed by atoms with E-state index in [-0.39, 0.29) is 5.41 Å². The Bertz CT molecular complexity index is 358. The number of rotatable bonds is 6. The summed E-state index contributed by atoms with van der Waals surface area (Å²) in [5, 5.41) is 10.4. The van der Waals surface area contributed by atoms with Crippen LogP contribution in [0.15, 0.2) is 0 Å². The van der Waals surface area contributed by atoms with Gasteiger partial charge in [0.1, 0.15) is 0 Å². The van der Waals surface area contributed by atoms with Gasteiger partial charge < -0.3 is 5.11 Å². The van der Waals surface area contributed by atoms with E-state index in [1.165, 1.54) is 83.5 Å². The molecule has 2 rings (SSSR count). The Hall–Kier alpha value is -0.530. The molecule has 0 bridgehead atoms. The molecule has 0 spiro atoms. The highest BCUT2D eigenvalue weighted by molar-refractivity contribution is 5.76. The van der Waals surface area contributed by atoms with E-state index in [9.17, 15) is 9.90 Å². The van der Waals surface area contributed by atoms with Gasteiger partial charge in [-0.1, -0.05) is 90.4 Å². The molecule has 2 nitrogen and oxygen atoms in total. The predicted octanol–water partition coefficient (Wildman–Crippen LogP) is 7.11. The van der Waals surface area contributed by atoms with Crippen LogP contribution in [0.5, 0.6) is 0 Å². The van der Waals surface area contributed by atoms with Gasteiger partial charge in [0.25, 0.3) is 0 Å². The lowest BCUT2D eigenvalue weighted by Gasteiger charge is -2.51. The van der Waals surface area contributed by atoms with Gasteiger partial charge in [0.05, 0.1) is 5.41 Å². The summed E-state index contributed by atoms with van der Waals surface area (Å²) in [5.41, 5.74) is -0.357. The van der Waals surface area contributed by atoms with Crippen molar-refractivity contribution in [2.24, 2.45) is 10.8 Å². The summed E-state index contributed by atoms with van der Waals surface area (Å²) in [6.45, 7) is 2.26. The molecule has 0 saturated heterocycles. The Labute approximate surface area is 149 Å². The van der Waals surface area contributed by atoms with Crippen molar-refractivity contribution in [1.29, 1.82) is 0 Å². The molecular weight excluding hydrogens is 296 g/mol. The summed E-state index contributed by atoms with van der Waals surface area (Å²) < 4.78 is 0. The third kappa shape index (κ3) is 4.55. The topological polar surface area (TPSA) is 37.3 Å². The average Bonchev–Trinajstić information content (AvgIpc) is 2.50. The lowest BCUT2D eigenvalue weighted by atomic mass is 9.52. The van der Waals surface area contributed by atoms with Crippen LogP contribution in [-0.4, -0.2) is 11.1 Å². The SMILES string of the molecule is CCCCCC1(C2(C(=O)O)CCCCCCC2)CCCCCCC1.